The first kappa shape index (κ1) is 13.2. The molecule has 0 aromatic carbocycles. The van der Waals surface area contributed by atoms with E-state index in [1.165, 1.54) is 0 Å². The van der Waals surface area contributed by atoms with Crippen molar-refractivity contribution < 1.29 is 19.1 Å². The summed E-state index contributed by atoms with van der Waals surface area (Å²) in [6.07, 6.45) is 0.701. The number of nitrogens with two attached hydrogens (primary N) is 2. The van der Waals surface area contributed by atoms with Crippen LogP contribution in [0.5, 0.6) is 0 Å². The molecule has 1 fully saturated rings. The number of primary amides is 2. The van der Waals surface area contributed by atoms with Crippen LogP contribution in [0.25, 0.3) is 0 Å². The molecule has 17 heavy (non-hydrogen) atoms. The average molecular weight is 244 g/mol. The molecule has 1 rings (SSSR count). The lowest BCUT2D eigenvalue weighted by Gasteiger charge is -2.22. The molecule has 0 aromatic rings. The number of amides is 4. The first-order chi connectivity index (χ1) is 7.99. The lowest BCUT2D eigenvalue weighted by Crippen LogP contribution is -2.50. The lowest BCUT2D eigenvalue weighted by molar-refractivity contribution is -0.120. The van der Waals surface area contributed by atoms with Gasteiger partial charge >= 0.3 is 6.03 Å². The van der Waals surface area contributed by atoms with Crippen molar-refractivity contribution in [2.45, 2.75) is 12.5 Å². The van der Waals surface area contributed by atoms with Crippen molar-refractivity contribution in [2.24, 2.45) is 11.5 Å². The SMILES string of the molecule is NC(=O)CN(CC(N)=O)C(=O)NC1CCOC1. The van der Waals surface area contributed by atoms with Crippen LogP contribution in [0.15, 0.2) is 0 Å². The van der Waals surface area contributed by atoms with Crippen LogP contribution in [-0.2, 0) is 14.3 Å². The minimum absolute atomic E-state index is 0.106. The van der Waals surface area contributed by atoms with Gasteiger partial charge < -0.3 is 26.4 Å². The second-order valence-corrected chi connectivity index (χ2v) is 3.80. The van der Waals surface area contributed by atoms with E-state index in [4.69, 9.17) is 16.2 Å². The monoisotopic (exact) mass is 244 g/mol. The first-order valence-electron chi connectivity index (χ1n) is 5.19. The summed E-state index contributed by atoms with van der Waals surface area (Å²) < 4.78 is 5.08. The molecule has 1 aliphatic rings. The summed E-state index contributed by atoms with van der Waals surface area (Å²) in [5, 5.41) is 2.64. The highest BCUT2D eigenvalue weighted by Crippen LogP contribution is 2.04. The Balaban J connectivity index is 2.51. The van der Waals surface area contributed by atoms with E-state index in [9.17, 15) is 14.4 Å². The summed E-state index contributed by atoms with van der Waals surface area (Å²) >= 11 is 0. The fourth-order valence-corrected chi connectivity index (χ4v) is 1.49. The van der Waals surface area contributed by atoms with Crippen LogP contribution in [-0.4, -0.2) is 55.1 Å². The molecule has 1 unspecified atom stereocenters. The summed E-state index contributed by atoms with van der Waals surface area (Å²) in [5.74, 6) is -1.41. The molecule has 0 spiro atoms. The second-order valence-electron chi connectivity index (χ2n) is 3.80. The number of nitrogens with zero attached hydrogens (tertiary/aromatic N) is 1. The molecule has 4 amide bonds. The maximum absolute atomic E-state index is 11.7. The first-order valence-corrected chi connectivity index (χ1v) is 5.19. The van der Waals surface area contributed by atoms with Crippen molar-refractivity contribution >= 4 is 17.8 Å². The lowest BCUT2D eigenvalue weighted by atomic mass is 10.3. The van der Waals surface area contributed by atoms with Crippen molar-refractivity contribution in [1.82, 2.24) is 10.2 Å². The van der Waals surface area contributed by atoms with Crippen LogP contribution >= 0.6 is 0 Å². The van der Waals surface area contributed by atoms with E-state index in [-0.39, 0.29) is 19.1 Å². The largest absolute Gasteiger partial charge is 0.379 e. The minimum atomic E-state index is -0.705. The third-order valence-electron chi connectivity index (χ3n) is 2.24. The summed E-state index contributed by atoms with van der Waals surface area (Å²) in [6.45, 7) is 0.314. The zero-order chi connectivity index (χ0) is 12.8. The zero-order valence-electron chi connectivity index (χ0n) is 9.35. The van der Waals surface area contributed by atoms with E-state index in [0.717, 1.165) is 4.90 Å². The van der Waals surface area contributed by atoms with Crippen LogP contribution in [0.1, 0.15) is 6.42 Å². The minimum Gasteiger partial charge on any atom is -0.379 e. The molecule has 0 bridgehead atoms. The van der Waals surface area contributed by atoms with E-state index in [1.54, 1.807) is 0 Å². The topological polar surface area (TPSA) is 128 Å². The van der Waals surface area contributed by atoms with Gasteiger partial charge in [0.05, 0.1) is 12.6 Å². The van der Waals surface area contributed by atoms with Crippen molar-refractivity contribution in [3.63, 3.8) is 0 Å². The van der Waals surface area contributed by atoms with Gasteiger partial charge in [-0.05, 0) is 6.42 Å². The highest BCUT2D eigenvalue weighted by Gasteiger charge is 2.23. The smallest absolute Gasteiger partial charge is 0.318 e. The van der Waals surface area contributed by atoms with Crippen molar-refractivity contribution in [3.05, 3.63) is 0 Å². The number of hydrogen-bond acceptors (Lipinski definition) is 4. The molecule has 0 aromatic heterocycles. The average Bonchev–Trinajstić information content (AvgIpc) is 2.67. The van der Waals surface area contributed by atoms with Gasteiger partial charge in [-0.25, -0.2) is 4.79 Å². The molecule has 8 heteroatoms. The van der Waals surface area contributed by atoms with Crippen LogP contribution in [0.4, 0.5) is 4.79 Å². The van der Waals surface area contributed by atoms with Crippen LogP contribution in [0.3, 0.4) is 0 Å². The number of nitrogens with one attached hydrogen (secondary N) is 1. The highest BCUT2D eigenvalue weighted by molar-refractivity contribution is 5.87. The summed E-state index contributed by atoms with van der Waals surface area (Å²) in [7, 11) is 0. The van der Waals surface area contributed by atoms with E-state index in [1.807, 2.05) is 0 Å². The van der Waals surface area contributed by atoms with Crippen molar-refractivity contribution in [1.29, 1.82) is 0 Å². The van der Waals surface area contributed by atoms with E-state index < -0.39 is 17.8 Å². The molecule has 5 N–H and O–H groups in total. The number of rotatable bonds is 5. The van der Waals surface area contributed by atoms with Gasteiger partial charge in [-0.3, -0.25) is 9.59 Å². The molecule has 1 atom stereocenters. The van der Waals surface area contributed by atoms with Gasteiger partial charge in [-0.2, -0.15) is 0 Å². The molecule has 0 saturated carbocycles. The van der Waals surface area contributed by atoms with Gasteiger partial charge in [0, 0.05) is 6.61 Å². The maximum Gasteiger partial charge on any atom is 0.318 e. The molecule has 0 radical (unpaired) electrons. The van der Waals surface area contributed by atoms with E-state index in [0.29, 0.717) is 19.6 Å². The quantitative estimate of drug-likeness (QED) is 0.505. The van der Waals surface area contributed by atoms with Crippen molar-refractivity contribution in [2.75, 3.05) is 26.3 Å². The third kappa shape index (κ3) is 4.68. The number of hydrogen-bond donors (Lipinski definition) is 3. The Morgan fingerprint density at radius 2 is 1.82 bits per heavy atom. The molecule has 0 aliphatic carbocycles. The predicted octanol–water partition coefficient (Wildman–Crippen LogP) is -2.24. The van der Waals surface area contributed by atoms with Gasteiger partial charge in [-0.1, -0.05) is 0 Å². The number of ether oxygens (including phenoxy) is 1. The molecule has 96 valence electrons. The van der Waals surface area contributed by atoms with Crippen LogP contribution < -0.4 is 16.8 Å². The van der Waals surface area contributed by atoms with Gasteiger partial charge in [-0.15, -0.1) is 0 Å². The molecule has 1 aliphatic heterocycles. The van der Waals surface area contributed by atoms with Crippen LogP contribution in [0, 0.1) is 0 Å². The number of urea groups is 1. The Bertz CT molecular complexity index is 298. The Labute approximate surface area is 98.2 Å². The van der Waals surface area contributed by atoms with Crippen LogP contribution in [0.2, 0.25) is 0 Å². The number of carbonyl (C=O) groups excluding carboxylic acids is 3. The Morgan fingerprint density at radius 3 is 2.24 bits per heavy atom. The third-order valence-corrected chi connectivity index (χ3v) is 2.24. The van der Waals surface area contributed by atoms with Gasteiger partial charge in [0.1, 0.15) is 13.1 Å². The van der Waals surface area contributed by atoms with E-state index >= 15 is 0 Å². The summed E-state index contributed by atoms with van der Waals surface area (Å²) in [5.41, 5.74) is 9.96. The van der Waals surface area contributed by atoms with Crippen molar-refractivity contribution in [3.8, 4) is 0 Å². The predicted molar refractivity (Wildman–Crippen MR) is 57.7 cm³/mol. The molecular formula is C9H16N4O4. The number of carbonyl (C=O) groups is 3. The Morgan fingerprint density at radius 1 is 1.24 bits per heavy atom. The Hall–Kier alpha value is -1.83. The van der Waals surface area contributed by atoms with Gasteiger partial charge in [0.15, 0.2) is 0 Å². The van der Waals surface area contributed by atoms with E-state index in [2.05, 4.69) is 5.32 Å². The van der Waals surface area contributed by atoms with Gasteiger partial charge in [0.25, 0.3) is 0 Å². The summed E-state index contributed by atoms with van der Waals surface area (Å²) in [6, 6.07) is -0.649. The zero-order valence-corrected chi connectivity index (χ0v) is 9.35. The molecule has 1 saturated heterocycles. The fraction of sp³-hybridized carbons (Fsp3) is 0.667. The molecular weight excluding hydrogens is 228 g/mol. The fourth-order valence-electron chi connectivity index (χ4n) is 1.49. The normalized spacial score (nSPS) is 18.7. The summed E-state index contributed by atoms with van der Waals surface area (Å²) in [4.78, 5) is 34.2. The second kappa shape index (κ2) is 6.04. The molecule has 8 nitrogen and oxygen atoms in total. The molecule has 1 heterocycles. The maximum atomic E-state index is 11.7. The standard InChI is InChI=1S/C9H16N4O4/c10-7(14)3-13(4-8(11)15)9(16)12-6-1-2-17-5-6/h6H,1-5H2,(H2,10,14)(H2,11,15)(H,12,16). The highest BCUT2D eigenvalue weighted by atomic mass is 16.5. The Kier molecular flexibility index (Phi) is 4.70. The van der Waals surface area contributed by atoms with Gasteiger partial charge in [0.2, 0.25) is 11.8 Å².